The first-order valence-electron chi connectivity index (χ1n) is 9.41. The standard InChI is InChI=1S/C25H20N2O2/c28-24(26-22-16-15-20-11-7-8-12-21(20)17-22)25(29)27(23-13-5-2-6-14-23)18-19-9-3-1-4-10-19/h1-17H,18H2,(H,26,28). The van der Waals surface area contributed by atoms with Crippen LogP contribution in [0.1, 0.15) is 5.56 Å². The summed E-state index contributed by atoms with van der Waals surface area (Å²) in [4.78, 5) is 27.3. The van der Waals surface area contributed by atoms with Crippen LogP contribution < -0.4 is 10.2 Å². The fourth-order valence-electron chi connectivity index (χ4n) is 3.23. The van der Waals surface area contributed by atoms with Gasteiger partial charge in [0.1, 0.15) is 0 Å². The van der Waals surface area contributed by atoms with E-state index in [1.165, 1.54) is 4.90 Å². The molecule has 4 aromatic rings. The number of carbonyl (C=O) groups is 2. The minimum atomic E-state index is -0.667. The number of carbonyl (C=O) groups excluding carboxylic acids is 2. The van der Waals surface area contributed by atoms with Crippen LogP contribution >= 0.6 is 0 Å². The van der Waals surface area contributed by atoms with E-state index in [1.807, 2.05) is 97.1 Å². The Balaban J connectivity index is 1.58. The summed E-state index contributed by atoms with van der Waals surface area (Å²) in [7, 11) is 0. The van der Waals surface area contributed by atoms with Crippen molar-refractivity contribution in [2.24, 2.45) is 0 Å². The Bertz CT molecular complexity index is 1140. The number of fused-ring (bicyclic) bond motifs is 1. The van der Waals surface area contributed by atoms with E-state index < -0.39 is 11.8 Å². The van der Waals surface area contributed by atoms with E-state index in [2.05, 4.69) is 5.32 Å². The number of rotatable bonds is 4. The molecular weight excluding hydrogens is 360 g/mol. The molecule has 0 radical (unpaired) electrons. The highest BCUT2D eigenvalue weighted by Crippen LogP contribution is 2.20. The van der Waals surface area contributed by atoms with Crippen molar-refractivity contribution in [3.8, 4) is 0 Å². The zero-order valence-electron chi connectivity index (χ0n) is 15.8. The molecule has 142 valence electrons. The predicted molar refractivity (Wildman–Crippen MR) is 117 cm³/mol. The first kappa shape index (κ1) is 18.4. The third-order valence-corrected chi connectivity index (χ3v) is 4.70. The van der Waals surface area contributed by atoms with Crippen LogP contribution in [0, 0.1) is 0 Å². The second-order valence-corrected chi connectivity index (χ2v) is 6.73. The molecular formula is C25H20N2O2. The van der Waals surface area contributed by atoms with Gasteiger partial charge in [-0.05, 0) is 40.6 Å². The van der Waals surface area contributed by atoms with Gasteiger partial charge in [-0.3, -0.25) is 14.5 Å². The normalized spacial score (nSPS) is 10.5. The summed E-state index contributed by atoms with van der Waals surface area (Å²) in [6, 6.07) is 32.3. The van der Waals surface area contributed by atoms with Gasteiger partial charge in [0, 0.05) is 11.4 Å². The number of para-hydroxylation sites is 1. The fourth-order valence-corrected chi connectivity index (χ4v) is 3.23. The summed E-state index contributed by atoms with van der Waals surface area (Å²) >= 11 is 0. The quantitative estimate of drug-likeness (QED) is 0.506. The van der Waals surface area contributed by atoms with Crippen molar-refractivity contribution in [2.75, 3.05) is 10.2 Å². The van der Waals surface area contributed by atoms with Crippen LogP contribution in [-0.4, -0.2) is 11.8 Å². The van der Waals surface area contributed by atoms with Crippen molar-refractivity contribution < 1.29 is 9.59 Å². The van der Waals surface area contributed by atoms with Gasteiger partial charge < -0.3 is 5.32 Å². The lowest BCUT2D eigenvalue weighted by atomic mass is 10.1. The molecule has 0 fully saturated rings. The second kappa shape index (κ2) is 8.40. The first-order valence-corrected chi connectivity index (χ1v) is 9.41. The Morgan fingerprint density at radius 2 is 1.31 bits per heavy atom. The number of amides is 2. The summed E-state index contributed by atoms with van der Waals surface area (Å²) in [5.74, 6) is -1.27. The third kappa shape index (κ3) is 4.33. The Morgan fingerprint density at radius 1 is 0.690 bits per heavy atom. The van der Waals surface area contributed by atoms with E-state index in [-0.39, 0.29) is 0 Å². The highest BCUT2D eigenvalue weighted by molar-refractivity contribution is 6.44. The Morgan fingerprint density at radius 3 is 2.03 bits per heavy atom. The molecule has 0 spiro atoms. The summed E-state index contributed by atoms with van der Waals surface area (Å²) in [6.07, 6.45) is 0. The second-order valence-electron chi connectivity index (χ2n) is 6.73. The Labute approximate surface area is 169 Å². The highest BCUT2D eigenvalue weighted by Gasteiger charge is 2.23. The van der Waals surface area contributed by atoms with Crippen LogP contribution in [0.25, 0.3) is 10.8 Å². The monoisotopic (exact) mass is 380 g/mol. The molecule has 4 nitrogen and oxygen atoms in total. The SMILES string of the molecule is O=C(Nc1ccc2ccccc2c1)C(=O)N(Cc1ccccc1)c1ccccc1. The maximum atomic E-state index is 13.0. The number of hydrogen-bond donors (Lipinski definition) is 1. The number of benzene rings is 4. The smallest absolute Gasteiger partial charge is 0.316 e. The summed E-state index contributed by atoms with van der Waals surface area (Å²) in [5.41, 5.74) is 2.22. The molecule has 0 saturated heterocycles. The Kier molecular flexibility index (Phi) is 5.34. The van der Waals surface area contributed by atoms with Crippen molar-refractivity contribution in [1.29, 1.82) is 0 Å². The molecule has 0 saturated carbocycles. The van der Waals surface area contributed by atoms with E-state index >= 15 is 0 Å². The molecule has 4 rings (SSSR count). The van der Waals surface area contributed by atoms with E-state index in [9.17, 15) is 9.59 Å². The molecule has 29 heavy (non-hydrogen) atoms. The summed E-state index contributed by atoms with van der Waals surface area (Å²) in [5, 5.41) is 4.82. The van der Waals surface area contributed by atoms with E-state index in [4.69, 9.17) is 0 Å². The van der Waals surface area contributed by atoms with Crippen molar-refractivity contribution in [3.05, 3.63) is 109 Å². The Hall–Kier alpha value is -3.92. The van der Waals surface area contributed by atoms with Crippen molar-refractivity contribution >= 4 is 34.0 Å². The van der Waals surface area contributed by atoms with E-state index in [1.54, 1.807) is 6.07 Å². The molecule has 0 aliphatic carbocycles. The predicted octanol–water partition coefficient (Wildman–Crippen LogP) is 5.01. The molecule has 0 aliphatic heterocycles. The van der Waals surface area contributed by atoms with Gasteiger partial charge in [-0.25, -0.2) is 0 Å². The lowest BCUT2D eigenvalue weighted by Crippen LogP contribution is -2.39. The van der Waals surface area contributed by atoms with Gasteiger partial charge >= 0.3 is 11.8 Å². The minimum absolute atomic E-state index is 0.314. The molecule has 0 unspecified atom stereocenters. The van der Waals surface area contributed by atoms with E-state index in [0.717, 1.165) is 16.3 Å². The summed E-state index contributed by atoms with van der Waals surface area (Å²) < 4.78 is 0. The number of hydrogen-bond acceptors (Lipinski definition) is 2. The molecule has 2 amide bonds. The molecule has 4 heteroatoms. The van der Waals surface area contributed by atoms with Crippen LogP contribution in [0.3, 0.4) is 0 Å². The lowest BCUT2D eigenvalue weighted by Gasteiger charge is -2.22. The van der Waals surface area contributed by atoms with Gasteiger partial charge in [-0.15, -0.1) is 0 Å². The molecule has 0 bridgehead atoms. The van der Waals surface area contributed by atoms with Crippen LogP contribution in [0.2, 0.25) is 0 Å². The van der Waals surface area contributed by atoms with Crippen LogP contribution in [0.4, 0.5) is 11.4 Å². The number of nitrogens with zero attached hydrogens (tertiary/aromatic N) is 1. The molecule has 0 atom stereocenters. The van der Waals surface area contributed by atoms with Gasteiger partial charge in [0.05, 0.1) is 6.54 Å². The molecule has 1 N–H and O–H groups in total. The summed E-state index contributed by atoms with van der Waals surface area (Å²) in [6.45, 7) is 0.314. The van der Waals surface area contributed by atoms with Crippen molar-refractivity contribution in [3.63, 3.8) is 0 Å². The third-order valence-electron chi connectivity index (χ3n) is 4.70. The zero-order chi connectivity index (χ0) is 20.1. The number of nitrogens with one attached hydrogen (secondary N) is 1. The highest BCUT2D eigenvalue weighted by atomic mass is 16.2. The maximum Gasteiger partial charge on any atom is 0.316 e. The largest absolute Gasteiger partial charge is 0.318 e. The molecule has 0 heterocycles. The first-order chi connectivity index (χ1) is 14.2. The lowest BCUT2D eigenvalue weighted by molar-refractivity contribution is -0.134. The molecule has 0 aliphatic rings. The number of anilines is 2. The van der Waals surface area contributed by atoms with Gasteiger partial charge in [-0.1, -0.05) is 78.9 Å². The van der Waals surface area contributed by atoms with Crippen LogP contribution in [0.15, 0.2) is 103 Å². The van der Waals surface area contributed by atoms with Crippen molar-refractivity contribution in [2.45, 2.75) is 6.54 Å². The molecule has 4 aromatic carbocycles. The average molecular weight is 380 g/mol. The average Bonchev–Trinajstić information content (AvgIpc) is 2.78. The van der Waals surface area contributed by atoms with Gasteiger partial charge in [0.25, 0.3) is 0 Å². The minimum Gasteiger partial charge on any atom is -0.318 e. The van der Waals surface area contributed by atoms with Crippen LogP contribution in [-0.2, 0) is 16.1 Å². The van der Waals surface area contributed by atoms with Gasteiger partial charge in [0.15, 0.2) is 0 Å². The van der Waals surface area contributed by atoms with Gasteiger partial charge in [0.2, 0.25) is 0 Å². The van der Waals surface area contributed by atoms with E-state index in [0.29, 0.717) is 17.9 Å². The topological polar surface area (TPSA) is 49.4 Å². The van der Waals surface area contributed by atoms with Gasteiger partial charge in [-0.2, -0.15) is 0 Å². The maximum absolute atomic E-state index is 13.0. The zero-order valence-corrected chi connectivity index (χ0v) is 15.8. The van der Waals surface area contributed by atoms with Crippen molar-refractivity contribution in [1.82, 2.24) is 0 Å². The van der Waals surface area contributed by atoms with Crippen LogP contribution in [0.5, 0.6) is 0 Å². The fraction of sp³-hybridized carbons (Fsp3) is 0.0400. The molecule has 0 aromatic heterocycles.